The summed E-state index contributed by atoms with van der Waals surface area (Å²) in [4.78, 5) is 17.5. The summed E-state index contributed by atoms with van der Waals surface area (Å²) in [5.41, 5.74) is 1.81. The predicted molar refractivity (Wildman–Crippen MR) is 110 cm³/mol. The smallest absolute Gasteiger partial charge is 0.252 e. The Morgan fingerprint density at radius 3 is 2.48 bits per heavy atom. The highest BCUT2D eigenvalue weighted by Gasteiger charge is 2.30. The first-order valence-corrected chi connectivity index (χ1v) is 9.99. The number of carbonyl (C=O) groups excluding carboxylic acids is 1. The summed E-state index contributed by atoms with van der Waals surface area (Å²) >= 11 is 6.15. The summed E-state index contributed by atoms with van der Waals surface area (Å²) in [6.07, 6.45) is 3.51. The lowest BCUT2D eigenvalue weighted by atomic mass is 10.1. The minimum atomic E-state index is -0.468. The maximum atomic E-state index is 13.3. The fourth-order valence-electron chi connectivity index (χ4n) is 3.67. The Balaban J connectivity index is 1.43. The zero-order valence-corrected chi connectivity index (χ0v) is 16.7. The highest BCUT2D eigenvalue weighted by atomic mass is 35.5. The van der Waals surface area contributed by atoms with Crippen molar-refractivity contribution in [2.24, 2.45) is 0 Å². The molecule has 0 bridgehead atoms. The van der Waals surface area contributed by atoms with Crippen molar-refractivity contribution in [3.8, 4) is 0 Å². The standard InChI is InChI=1S/C22H22ClFN4O/c23-20-15-19(24)8-7-18(20)16-26-11-13-27(14-12-26)22(29)21(28-10-4-9-25-28)17-5-2-1-3-6-17/h1-10,15,21H,11-14,16H2. The molecule has 150 valence electrons. The fraction of sp³-hybridized carbons (Fsp3) is 0.273. The van der Waals surface area contributed by atoms with Gasteiger partial charge in [0.2, 0.25) is 0 Å². The van der Waals surface area contributed by atoms with Gasteiger partial charge in [-0.3, -0.25) is 14.4 Å². The van der Waals surface area contributed by atoms with Crippen molar-refractivity contribution >= 4 is 17.5 Å². The first-order valence-electron chi connectivity index (χ1n) is 9.61. The molecule has 29 heavy (non-hydrogen) atoms. The molecule has 0 radical (unpaired) electrons. The minimum absolute atomic E-state index is 0.0411. The monoisotopic (exact) mass is 412 g/mol. The Labute approximate surface area is 174 Å². The number of amides is 1. The largest absolute Gasteiger partial charge is 0.338 e. The lowest BCUT2D eigenvalue weighted by molar-refractivity contribution is -0.135. The second-order valence-electron chi connectivity index (χ2n) is 7.14. The predicted octanol–water partition coefficient (Wildman–Crippen LogP) is 3.61. The number of hydrogen-bond acceptors (Lipinski definition) is 3. The Morgan fingerprint density at radius 2 is 1.83 bits per heavy atom. The van der Waals surface area contributed by atoms with Gasteiger partial charge in [0.25, 0.3) is 5.91 Å². The highest BCUT2D eigenvalue weighted by molar-refractivity contribution is 6.31. The van der Waals surface area contributed by atoms with Gasteiger partial charge in [-0.2, -0.15) is 5.10 Å². The number of rotatable bonds is 5. The van der Waals surface area contributed by atoms with Crippen LogP contribution in [0.2, 0.25) is 5.02 Å². The molecule has 0 saturated carbocycles. The molecule has 0 aliphatic carbocycles. The average molecular weight is 413 g/mol. The number of halogens is 2. The van der Waals surface area contributed by atoms with Gasteiger partial charge in [0.05, 0.1) is 0 Å². The minimum Gasteiger partial charge on any atom is -0.338 e. The van der Waals surface area contributed by atoms with E-state index in [0.29, 0.717) is 24.7 Å². The van der Waals surface area contributed by atoms with E-state index in [1.54, 1.807) is 16.9 Å². The van der Waals surface area contributed by atoms with Crippen molar-refractivity contribution in [3.05, 3.63) is 89.0 Å². The molecule has 1 amide bonds. The molecule has 1 aromatic heterocycles. The van der Waals surface area contributed by atoms with Crippen LogP contribution in [0.25, 0.3) is 0 Å². The van der Waals surface area contributed by atoms with Crippen LogP contribution in [0.1, 0.15) is 17.2 Å². The number of aromatic nitrogens is 2. The zero-order chi connectivity index (χ0) is 20.2. The maximum absolute atomic E-state index is 13.3. The summed E-state index contributed by atoms with van der Waals surface area (Å²) in [6, 6.07) is 15.6. The number of piperazine rings is 1. The van der Waals surface area contributed by atoms with Crippen LogP contribution in [0, 0.1) is 5.82 Å². The molecule has 1 saturated heterocycles. The van der Waals surface area contributed by atoms with Crippen LogP contribution in [0.4, 0.5) is 4.39 Å². The van der Waals surface area contributed by atoms with Gasteiger partial charge in [-0.15, -0.1) is 0 Å². The average Bonchev–Trinajstić information content (AvgIpc) is 3.26. The second kappa shape index (κ2) is 8.76. The second-order valence-corrected chi connectivity index (χ2v) is 7.54. The van der Waals surface area contributed by atoms with Gasteiger partial charge in [-0.05, 0) is 29.3 Å². The molecule has 1 aliphatic heterocycles. The van der Waals surface area contributed by atoms with Gasteiger partial charge in [-0.1, -0.05) is 48.0 Å². The number of nitrogens with zero attached hydrogens (tertiary/aromatic N) is 4. The van der Waals surface area contributed by atoms with Crippen molar-refractivity contribution in [1.82, 2.24) is 19.6 Å². The third-order valence-electron chi connectivity index (χ3n) is 5.23. The van der Waals surface area contributed by atoms with E-state index in [9.17, 15) is 9.18 Å². The molecule has 2 heterocycles. The van der Waals surface area contributed by atoms with E-state index in [4.69, 9.17) is 11.6 Å². The van der Waals surface area contributed by atoms with E-state index < -0.39 is 6.04 Å². The van der Waals surface area contributed by atoms with Crippen LogP contribution in [0.3, 0.4) is 0 Å². The molecule has 1 unspecified atom stereocenters. The third-order valence-corrected chi connectivity index (χ3v) is 5.58. The molecular weight excluding hydrogens is 391 g/mol. The van der Waals surface area contributed by atoms with Crippen LogP contribution in [-0.4, -0.2) is 51.7 Å². The molecule has 1 atom stereocenters. The first kappa shape index (κ1) is 19.6. The molecule has 0 N–H and O–H groups in total. The number of hydrogen-bond donors (Lipinski definition) is 0. The first-order chi connectivity index (χ1) is 14.1. The van der Waals surface area contributed by atoms with Crippen LogP contribution in [0.15, 0.2) is 67.0 Å². The van der Waals surface area contributed by atoms with E-state index in [1.165, 1.54) is 12.1 Å². The zero-order valence-electron chi connectivity index (χ0n) is 15.9. The van der Waals surface area contributed by atoms with E-state index >= 15 is 0 Å². The van der Waals surface area contributed by atoms with Gasteiger partial charge >= 0.3 is 0 Å². The molecule has 4 rings (SSSR count). The molecular formula is C22H22ClFN4O. The number of carbonyl (C=O) groups is 1. The third kappa shape index (κ3) is 4.49. The van der Waals surface area contributed by atoms with E-state index in [0.717, 1.165) is 24.2 Å². The molecule has 1 fully saturated rings. The van der Waals surface area contributed by atoms with E-state index in [-0.39, 0.29) is 11.7 Å². The van der Waals surface area contributed by atoms with E-state index in [1.807, 2.05) is 47.5 Å². The van der Waals surface area contributed by atoms with Crippen LogP contribution in [0.5, 0.6) is 0 Å². The van der Waals surface area contributed by atoms with Crippen LogP contribution >= 0.6 is 11.6 Å². The lowest BCUT2D eigenvalue weighted by Gasteiger charge is -2.36. The highest BCUT2D eigenvalue weighted by Crippen LogP contribution is 2.23. The molecule has 2 aromatic carbocycles. The van der Waals surface area contributed by atoms with Gasteiger partial charge in [0.1, 0.15) is 5.82 Å². The molecule has 1 aliphatic rings. The summed E-state index contributed by atoms with van der Waals surface area (Å²) in [5.74, 6) is -0.292. The van der Waals surface area contributed by atoms with Gasteiger partial charge in [0, 0.05) is 50.1 Å². The quantitative estimate of drug-likeness (QED) is 0.642. The van der Waals surface area contributed by atoms with Crippen LogP contribution < -0.4 is 0 Å². The van der Waals surface area contributed by atoms with Crippen molar-refractivity contribution < 1.29 is 9.18 Å². The van der Waals surface area contributed by atoms with Crippen molar-refractivity contribution in [3.63, 3.8) is 0 Å². The Bertz CT molecular complexity index is 956. The molecule has 3 aromatic rings. The van der Waals surface area contributed by atoms with Gasteiger partial charge in [-0.25, -0.2) is 4.39 Å². The van der Waals surface area contributed by atoms with Crippen molar-refractivity contribution in [2.75, 3.05) is 26.2 Å². The lowest BCUT2D eigenvalue weighted by Crippen LogP contribution is -2.50. The Morgan fingerprint density at radius 1 is 1.07 bits per heavy atom. The summed E-state index contributed by atoms with van der Waals surface area (Å²) in [5, 5.41) is 4.75. The maximum Gasteiger partial charge on any atom is 0.252 e. The Kier molecular flexibility index (Phi) is 5.92. The Hall–Kier alpha value is -2.70. The topological polar surface area (TPSA) is 41.4 Å². The molecule has 5 nitrogen and oxygen atoms in total. The van der Waals surface area contributed by atoms with Gasteiger partial charge < -0.3 is 4.90 Å². The van der Waals surface area contributed by atoms with Crippen molar-refractivity contribution in [1.29, 1.82) is 0 Å². The van der Waals surface area contributed by atoms with Gasteiger partial charge in [0.15, 0.2) is 6.04 Å². The summed E-state index contributed by atoms with van der Waals surface area (Å²) < 4.78 is 15.0. The van der Waals surface area contributed by atoms with Crippen molar-refractivity contribution in [2.45, 2.75) is 12.6 Å². The van der Waals surface area contributed by atoms with Crippen LogP contribution in [-0.2, 0) is 11.3 Å². The molecule has 7 heteroatoms. The summed E-state index contributed by atoms with van der Waals surface area (Å²) in [6.45, 7) is 3.37. The number of benzene rings is 2. The normalized spacial score (nSPS) is 16.0. The fourth-order valence-corrected chi connectivity index (χ4v) is 3.89. The SMILES string of the molecule is O=C(C(c1ccccc1)n1cccn1)N1CCN(Cc2ccc(F)cc2Cl)CC1. The molecule has 0 spiro atoms. The van der Waals surface area contributed by atoms with E-state index in [2.05, 4.69) is 10.00 Å². The summed E-state index contributed by atoms with van der Waals surface area (Å²) in [7, 11) is 0.